The van der Waals surface area contributed by atoms with Crippen molar-refractivity contribution in [2.24, 2.45) is 0 Å². The van der Waals surface area contributed by atoms with Crippen molar-refractivity contribution in [3.63, 3.8) is 0 Å². The van der Waals surface area contributed by atoms with Gasteiger partial charge in [-0.15, -0.1) is 0 Å². The molecule has 0 aliphatic heterocycles. The number of benzene rings is 2. The van der Waals surface area contributed by atoms with Crippen molar-refractivity contribution in [1.82, 2.24) is 14.7 Å². The zero-order chi connectivity index (χ0) is 19.7. The highest BCUT2D eigenvalue weighted by Gasteiger charge is 2.28. The van der Waals surface area contributed by atoms with E-state index in [9.17, 15) is 4.79 Å². The maximum absolute atomic E-state index is 13.2. The molecule has 1 aromatic heterocycles. The molecule has 0 unspecified atom stereocenters. The maximum Gasteiger partial charge on any atom is 0.274 e. The van der Waals surface area contributed by atoms with Gasteiger partial charge in [0.1, 0.15) is 5.75 Å². The molecular weight excluding hydrogens is 350 g/mol. The first-order chi connectivity index (χ1) is 13.6. The highest BCUT2D eigenvalue weighted by atomic mass is 16.5. The fraction of sp³-hybridized carbons (Fsp3) is 0.304. The van der Waals surface area contributed by atoms with Gasteiger partial charge in [-0.05, 0) is 44.4 Å². The SMILES string of the molecule is COc1ccc(C)cc1CN(C)C(=O)c1nn(-c2ccccc2)c2c1CCC2. The van der Waals surface area contributed by atoms with Gasteiger partial charge in [0, 0.05) is 30.4 Å². The number of carbonyl (C=O) groups is 1. The summed E-state index contributed by atoms with van der Waals surface area (Å²) in [5.74, 6) is 0.752. The fourth-order valence-corrected chi connectivity index (χ4v) is 3.93. The summed E-state index contributed by atoms with van der Waals surface area (Å²) >= 11 is 0. The topological polar surface area (TPSA) is 47.4 Å². The van der Waals surface area contributed by atoms with E-state index in [0.717, 1.165) is 53.1 Å². The van der Waals surface area contributed by atoms with E-state index in [1.54, 1.807) is 12.0 Å². The van der Waals surface area contributed by atoms with Gasteiger partial charge in [-0.3, -0.25) is 4.79 Å². The highest BCUT2D eigenvalue weighted by molar-refractivity contribution is 5.94. The molecule has 0 N–H and O–H groups in total. The lowest BCUT2D eigenvalue weighted by Gasteiger charge is -2.19. The van der Waals surface area contributed by atoms with E-state index in [2.05, 4.69) is 6.07 Å². The number of amides is 1. The third kappa shape index (κ3) is 3.28. The number of carbonyl (C=O) groups excluding carboxylic acids is 1. The van der Waals surface area contributed by atoms with E-state index in [4.69, 9.17) is 9.84 Å². The molecule has 5 nitrogen and oxygen atoms in total. The molecule has 0 radical (unpaired) electrons. The first kappa shape index (κ1) is 18.3. The predicted octanol–water partition coefficient (Wildman–Crippen LogP) is 3.95. The van der Waals surface area contributed by atoms with E-state index >= 15 is 0 Å². The summed E-state index contributed by atoms with van der Waals surface area (Å²) in [7, 11) is 3.48. The fourth-order valence-electron chi connectivity index (χ4n) is 3.93. The van der Waals surface area contributed by atoms with Crippen LogP contribution in [-0.4, -0.2) is 34.7 Å². The largest absolute Gasteiger partial charge is 0.496 e. The van der Waals surface area contributed by atoms with E-state index in [1.165, 1.54) is 0 Å². The maximum atomic E-state index is 13.2. The molecule has 1 aliphatic carbocycles. The molecule has 4 rings (SSSR count). The van der Waals surface area contributed by atoms with Gasteiger partial charge < -0.3 is 9.64 Å². The van der Waals surface area contributed by atoms with Crippen molar-refractivity contribution >= 4 is 5.91 Å². The number of rotatable bonds is 5. The number of aryl methyl sites for hydroxylation is 1. The van der Waals surface area contributed by atoms with Crippen molar-refractivity contribution in [3.05, 3.63) is 76.6 Å². The summed E-state index contributed by atoms with van der Waals surface area (Å²) in [6, 6.07) is 16.1. The second-order valence-electron chi connectivity index (χ2n) is 7.35. The van der Waals surface area contributed by atoms with Crippen molar-refractivity contribution in [2.75, 3.05) is 14.2 Å². The van der Waals surface area contributed by atoms with Crippen LogP contribution in [0.25, 0.3) is 5.69 Å². The first-order valence-electron chi connectivity index (χ1n) is 9.63. The zero-order valence-corrected chi connectivity index (χ0v) is 16.6. The number of hydrogen-bond acceptors (Lipinski definition) is 3. The minimum atomic E-state index is -0.0450. The Kier molecular flexibility index (Phi) is 4.90. The van der Waals surface area contributed by atoms with Crippen LogP contribution in [0.1, 0.15) is 39.3 Å². The van der Waals surface area contributed by atoms with Crippen LogP contribution in [0.5, 0.6) is 5.75 Å². The molecule has 0 saturated heterocycles. The first-order valence-corrected chi connectivity index (χ1v) is 9.63. The summed E-state index contributed by atoms with van der Waals surface area (Å²) in [5, 5.41) is 4.72. The molecule has 0 atom stereocenters. The Morgan fingerprint density at radius 2 is 1.96 bits per heavy atom. The van der Waals surface area contributed by atoms with Crippen LogP contribution in [0.4, 0.5) is 0 Å². The number of hydrogen-bond donors (Lipinski definition) is 0. The number of aromatic nitrogens is 2. The van der Waals surface area contributed by atoms with Gasteiger partial charge in [0.25, 0.3) is 5.91 Å². The average Bonchev–Trinajstić information content (AvgIpc) is 3.31. The van der Waals surface area contributed by atoms with Crippen molar-refractivity contribution in [3.8, 4) is 11.4 Å². The molecule has 1 aliphatic rings. The second-order valence-corrected chi connectivity index (χ2v) is 7.35. The van der Waals surface area contributed by atoms with Crippen LogP contribution < -0.4 is 4.74 Å². The molecule has 28 heavy (non-hydrogen) atoms. The molecule has 0 saturated carbocycles. The van der Waals surface area contributed by atoms with E-state index in [0.29, 0.717) is 12.2 Å². The lowest BCUT2D eigenvalue weighted by Crippen LogP contribution is -2.27. The van der Waals surface area contributed by atoms with E-state index in [1.807, 2.05) is 61.1 Å². The van der Waals surface area contributed by atoms with Crippen LogP contribution in [0.15, 0.2) is 48.5 Å². The van der Waals surface area contributed by atoms with Crippen LogP contribution in [0.3, 0.4) is 0 Å². The van der Waals surface area contributed by atoms with E-state index in [-0.39, 0.29) is 5.91 Å². The van der Waals surface area contributed by atoms with Crippen molar-refractivity contribution in [1.29, 1.82) is 0 Å². The van der Waals surface area contributed by atoms with Gasteiger partial charge in [-0.2, -0.15) is 5.10 Å². The molecule has 1 heterocycles. The number of fused-ring (bicyclic) bond motifs is 1. The number of ether oxygens (including phenoxy) is 1. The minimum absolute atomic E-state index is 0.0450. The summed E-state index contributed by atoms with van der Waals surface area (Å²) in [5.41, 5.74) is 5.98. The van der Waals surface area contributed by atoms with Crippen LogP contribution >= 0.6 is 0 Å². The smallest absolute Gasteiger partial charge is 0.274 e. The Labute approximate surface area is 165 Å². The third-order valence-corrected chi connectivity index (χ3v) is 5.32. The number of para-hydroxylation sites is 1. The monoisotopic (exact) mass is 375 g/mol. The molecule has 5 heteroatoms. The number of nitrogens with zero attached hydrogens (tertiary/aromatic N) is 3. The van der Waals surface area contributed by atoms with E-state index < -0.39 is 0 Å². The van der Waals surface area contributed by atoms with Crippen molar-refractivity contribution < 1.29 is 9.53 Å². The van der Waals surface area contributed by atoms with Crippen molar-refractivity contribution in [2.45, 2.75) is 32.7 Å². The summed E-state index contributed by atoms with van der Waals surface area (Å²) in [6.07, 6.45) is 2.93. The molecule has 2 aromatic carbocycles. The molecule has 1 amide bonds. The Morgan fingerprint density at radius 1 is 1.18 bits per heavy atom. The third-order valence-electron chi connectivity index (χ3n) is 5.32. The Balaban J connectivity index is 1.65. The zero-order valence-electron chi connectivity index (χ0n) is 16.6. The lowest BCUT2D eigenvalue weighted by molar-refractivity contribution is 0.0777. The summed E-state index contributed by atoms with van der Waals surface area (Å²) in [4.78, 5) is 15.0. The van der Waals surface area contributed by atoms with Gasteiger partial charge in [-0.25, -0.2) is 4.68 Å². The molecule has 0 fully saturated rings. The van der Waals surface area contributed by atoms with Gasteiger partial charge in [0.05, 0.1) is 12.8 Å². The van der Waals surface area contributed by atoms with Crippen LogP contribution in [0.2, 0.25) is 0 Å². The van der Waals surface area contributed by atoms with Gasteiger partial charge in [-0.1, -0.05) is 35.9 Å². The van der Waals surface area contributed by atoms with Crippen LogP contribution in [-0.2, 0) is 19.4 Å². The molecule has 0 spiro atoms. The molecular formula is C23H25N3O2. The van der Waals surface area contributed by atoms with Gasteiger partial charge >= 0.3 is 0 Å². The van der Waals surface area contributed by atoms with Crippen LogP contribution in [0, 0.1) is 6.92 Å². The Hall–Kier alpha value is -3.08. The highest BCUT2D eigenvalue weighted by Crippen LogP contribution is 2.29. The predicted molar refractivity (Wildman–Crippen MR) is 109 cm³/mol. The quantitative estimate of drug-likeness (QED) is 0.678. The summed E-state index contributed by atoms with van der Waals surface area (Å²) in [6.45, 7) is 2.52. The number of methoxy groups -OCH3 is 1. The molecule has 3 aromatic rings. The van der Waals surface area contributed by atoms with Gasteiger partial charge in [0.15, 0.2) is 5.69 Å². The normalized spacial score (nSPS) is 12.7. The second kappa shape index (κ2) is 7.50. The molecule has 0 bridgehead atoms. The Morgan fingerprint density at radius 3 is 2.71 bits per heavy atom. The summed E-state index contributed by atoms with van der Waals surface area (Å²) < 4.78 is 7.41. The van der Waals surface area contributed by atoms with Gasteiger partial charge in [0.2, 0.25) is 0 Å². The minimum Gasteiger partial charge on any atom is -0.496 e. The lowest BCUT2D eigenvalue weighted by atomic mass is 10.1. The standard InChI is InChI=1S/C23H25N3O2/c1-16-12-13-21(28-3)17(14-16)15-25(2)23(27)22-19-10-7-11-20(19)26(24-22)18-8-5-4-6-9-18/h4-6,8-9,12-14H,7,10-11,15H2,1-3H3. The Bertz CT molecular complexity index is 1010. The average molecular weight is 375 g/mol. The molecule has 144 valence electrons.